The second-order valence-corrected chi connectivity index (χ2v) is 9.56. The summed E-state index contributed by atoms with van der Waals surface area (Å²) in [5, 5.41) is 3.14. The van der Waals surface area contributed by atoms with Crippen molar-refractivity contribution in [2.24, 2.45) is 5.73 Å². The Morgan fingerprint density at radius 3 is 2.57 bits per heavy atom. The van der Waals surface area contributed by atoms with Gasteiger partial charge in [0.05, 0.1) is 5.69 Å². The number of ether oxygens (including phenoxy) is 2. The Kier molecular flexibility index (Phi) is 7.74. The lowest BCUT2D eigenvalue weighted by molar-refractivity contribution is -0.123. The number of carbonyl (C=O) groups is 3. The van der Waals surface area contributed by atoms with Gasteiger partial charge in [0.2, 0.25) is 5.91 Å². The Labute approximate surface area is 208 Å². The van der Waals surface area contributed by atoms with Gasteiger partial charge in [-0.3, -0.25) is 19.3 Å². The first-order valence-electron chi connectivity index (χ1n) is 12.0. The molecule has 0 spiro atoms. The van der Waals surface area contributed by atoms with E-state index in [0.29, 0.717) is 36.8 Å². The number of nitrogens with one attached hydrogen (secondary N) is 1. The average molecular weight is 502 g/mol. The maximum atomic E-state index is 13.9. The number of nitrogens with zero attached hydrogens (tertiary/aromatic N) is 2. The highest BCUT2D eigenvalue weighted by molar-refractivity contribution is 7.09. The normalized spacial score (nSPS) is 16.0. The first-order valence-corrected chi connectivity index (χ1v) is 12.8. The fourth-order valence-corrected chi connectivity index (χ4v) is 5.24. The fraction of sp³-hybridized carbons (Fsp3) is 0.500. The van der Waals surface area contributed by atoms with Crippen LogP contribution in [0.2, 0.25) is 0 Å². The third-order valence-corrected chi connectivity index (χ3v) is 7.18. The van der Waals surface area contributed by atoms with Gasteiger partial charge in [0, 0.05) is 17.8 Å². The number of hydrogen-bond acceptors (Lipinski definition) is 8. The largest absolute Gasteiger partial charge is 0.486 e. The maximum absolute atomic E-state index is 13.9. The lowest BCUT2D eigenvalue weighted by Gasteiger charge is -2.32. The Balaban J connectivity index is 1.76. The van der Waals surface area contributed by atoms with Crippen LogP contribution in [-0.2, 0) is 4.79 Å². The molecule has 1 atom stereocenters. The van der Waals surface area contributed by atoms with Crippen molar-refractivity contribution in [1.29, 1.82) is 0 Å². The van der Waals surface area contributed by atoms with Gasteiger partial charge in [-0.2, -0.15) is 4.37 Å². The molecule has 3 amide bonds. The van der Waals surface area contributed by atoms with Crippen molar-refractivity contribution >= 4 is 40.6 Å². The number of benzene rings is 1. The number of hydrogen-bond donors (Lipinski definition) is 3. The molecule has 35 heavy (non-hydrogen) atoms. The number of nitrogens with two attached hydrogens (primary N) is 2. The van der Waals surface area contributed by atoms with Gasteiger partial charge in [0.25, 0.3) is 11.8 Å². The summed E-state index contributed by atoms with van der Waals surface area (Å²) in [6, 6.07) is 4.45. The summed E-state index contributed by atoms with van der Waals surface area (Å²) in [5.74, 6) is -0.489. The third kappa shape index (κ3) is 5.34. The topological polar surface area (TPSA) is 150 Å². The summed E-state index contributed by atoms with van der Waals surface area (Å²) in [5.41, 5.74) is 11.7. The standard InChI is InChI=1S/C24H31N5O5S/c1-2-3-8-16(23(31)27-14-6-4-5-7-14)29(15-9-10-17-18(13-15)34-12-11-33-17)24(32)21-19(25)20(22(26)30)28-35-21/h9-10,13-14,16H,2-8,11-12,25H2,1H3,(H2,26,30)(H,27,31). The summed E-state index contributed by atoms with van der Waals surface area (Å²) >= 11 is 0.796. The highest BCUT2D eigenvalue weighted by Crippen LogP contribution is 2.37. The van der Waals surface area contributed by atoms with Crippen molar-refractivity contribution in [2.75, 3.05) is 23.8 Å². The van der Waals surface area contributed by atoms with Gasteiger partial charge in [0.1, 0.15) is 24.1 Å². The number of fused-ring (bicyclic) bond motifs is 1. The van der Waals surface area contributed by atoms with Gasteiger partial charge in [-0.05, 0) is 42.9 Å². The van der Waals surface area contributed by atoms with E-state index < -0.39 is 17.9 Å². The molecule has 0 saturated heterocycles. The molecule has 1 aromatic heterocycles. The summed E-state index contributed by atoms with van der Waals surface area (Å²) in [6.07, 6.45) is 6.04. The van der Waals surface area contributed by atoms with Crippen molar-refractivity contribution in [1.82, 2.24) is 9.69 Å². The number of rotatable bonds is 9. The van der Waals surface area contributed by atoms with Crippen molar-refractivity contribution in [3.63, 3.8) is 0 Å². The van der Waals surface area contributed by atoms with Crippen LogP contribution >= 0.6 is 11.5 Å². The molecule has 2 aromatic rings. The predicted molar refractivity (Wildman–Crippen MR) is 133 cm³/mol. The number of unbranched alkanes of at least 4 members (excludes halogenated alkanes) is 1. The number of carbonyl (C=O) groups excluding carboxylic acids is 3. The lowest BCUT2D eigenvalue weighted by atomic mass is 10.0. The highest BCUT2D eigenvalue weighted by atomic mass is 32.1. The number of amides is 3. The zero-order valence-corrected chi connectivity index (χ0v) is 20.6. The van der Waals surface area contributed by atoms with Crippen LogP contribution in [0.4, 0.5) is 11.4 Å². The predicted octanol–water partition coefficient (Wildman–Crippen LogP) is 2.86. The Bertz CT molecular complexity index is 1100. The van der Waals surface area contributed by atoms with Crippen molar-refractivity contribution in [2.45, 2.75) is 64.0 Å². The van der Waals surface area contributed by atoms with Gasteiger partial charge < -0.3 is 26.3 Å². The Morgan fingerprint density at radius 2 is 1.91 bits per heavy atom. The lowest BCUT2D eigenvalue weighted by Crippen LogP contribution is -2.52. The second kappa shape index (κ2) is 10.9. The van der Waals surface area contributed by atoms with Crippen LogP contribution in [-0.4, -0.2) is 47.4 Å². The highest BCUT2D eigenvalue weighted by Gasteiger charge is 2.36. The van der Waals surface area contributed by atoms with E-state index in [2.05, 4.69) is 9.69 Å². The molecule has 2 aliphatic rings. The monoisotopic (exact) mass is 501 g/mol. The van der Waals surface area contributed by atoms with E-state index in [1.165, 1.54) is 4.90 Å². The number of primary amides is 1. The van der Waals surface area contributed by atoms with Crippen LogP contribution < -0.4 is 31.2 Å². The molecule has 1 aromatic carbocycles. The van der Waals surface area contributed by atoms with Crippen LogP contribution in [0, 0.1) is 0 Å². The average Bonchev–Trinajstić information content (AvgIpc) is 3.50. The molecule has 0 radical (unpaired) electrons. The van der Waals surface area contributed by atoms with Crippen LogP contribution in [0.1, 0.15) is 72.0 Å². The summed E-state index contributed by atoms with van der Waals surface area (Å²) in [7, 11) is 0. The fourth-order valence-electron chi connectivity index (χ4n) is 4.50. The van der Waals surface area contributed by atoms with Crippen LogP contribution in [0.25, 0.3) is 0 Å². The molecule has 10 nitrogen and oxygen atoms in total. The van der Waals surface area contributed by atoms with E-state index in [4.69, 9.17) is 20.9 Å². The molecule has 1 saturated carbocycles. The maximum Gasteiger partial charge on any atom is 0.272 e. The van der Waals surface area contributed by atoms with E-state index in [9.17, 15) is 14.4 Å². The van der Waals surface area contributed by atoms with E-state index >= 15 is 0 Å². The minimum Gasteiger partial charge on any atom is -0.486 e. The second-order valence-electron chi connectivity index (χ2n) is 8.79. The summed E-state index contributed by atoms with van der Waals surface area (Å²) in [6.45, 7) is 2.85. The molecule has 1 aliphatic carbocycles. The third-order valence-electron chi connectivity index (χ3n) is 6.33. The van der Waals surface area contributed by atoms with E-state index in [1.807, 2.05) is 6.92 Å². The SMILES string of the molecule is CCCCC(C(=O)NC1CCCC1)N(C(=O)c1snc(C(N)=O)c1N)c1ccc2c(c1)OCCO2. The molecule has 1 aliphatic heterocycles. The Hall–Kier alpha value is -3.34. The molecular formula is C24H31N5O5S. The number of nitrogen functional groups attached to an aromatic ring is 1. The number of aromatic nitrogens is 1. The van der Waals surface area contributed by atoms with Crippen molar-refractivity contribution < 1.29 is 23.9 Å². The quantitative estimate of drug-likeness (QED) is 0.478. The van der Waals surface area contributed by atoms with Gasteiger partial charge in [0.15, 0.2) is 17.2 Å². The summed E-state index contributed by atoms with van der Waals surface area (Å²) in [4.78, 5) is 40.7. The molecule has 0 bridgehead atoms. The molecule has 4 rings (SSSR count). The van der Waals surface area contributed by atoms with Gasteiger partial charge in [-0.15, -0.1) is 0 Å². The summed E-state index contributed by atoms with van der Waals surface area (Å²) < 4.78 is 15.3. The minimum atomic E-state index is -0.815. The van der Waals surface area contributed by atoms with E-state index in [1.54, 1.807) is 18.2 Å². The smallest absolute Gasteiger partial charge is 0.272 e. The molecule has 188 valence electrons. The first kappa shape index (κ1) is 24.8. The van der Waals surface area contributed by atoms with Gasteiger partial charge in [-0.1, -0.05) is 32.6 Å². The molecule has 1 fully saturated rings. The molecule has 11 heteroatoms. The van der Waals surface area contributed by atoms with Crippen molar-refractivity contribution in [3.8, 4) is 11.5 Å². The molecule has 2 heterocycles. The van der Waals surface area contributed by atoms with Gasteiger partial charge in [-0.25, -0.2) is 0 Å². The minimum absolute atomic E-state index is 0.0591. The molecule has 5 N–H and O–H groups in total. The van der Waals surface area contributed by atoms with E-state index in [-0.39, 0.29) is 28.2 Å². The van der Waals surface area contributed by atoms with Crippen LogP contribution in [0.15, 0.2) is 18.2 Å². The zero-order valence-electron chi connectivity index (χ0n) is 19.7. The van der Waals surface area contributed by atoms with Gasteiger partial charge >= 0.3 is 0 Å². The van der Waals surface area contributed by atoms with Crippen molar-refractivity contribution in [3.05, 3.63) is 28.8 Å². The molecular weight excluding hydrogens is 470 g/mol. The number of anilines is 2. The molecule has 1 unspecified atom stereocenters. The Morgan fingerprint density at radius 1 is 1.20 bits per heavy atom. The first-order chi connectivity index (χ1) is 16.9. The van der Waals surface area contributed by atoms with Crippen LogP contribution in [0.5, 0.6) is 11.5 Å². The van der Waals surface area contributed by atoms with Crippen LogP contribution in [0.3, 0.4) is 0 Å². The zero-order chi connectivity index (χ0) is 24.9. The van der Waals surface area contributed by atoms with E-state index in [0.717, 1.165) is 50.1 Å².